The number of rotatable bonds is 1. The van der Waals surface area contributed by atoms with Crippen LogP contribution in [0, 0.1) is 0 Å². The van der Waals surface area contributed by atoms with Crippen LogP contribution in [0.1, 0.15) is 18.4 Å². The van der Waals surface area contributed by atoms with Gasteiger partial charge in [0.1, 0.15) is 5.15 Å². The van der Waals surface area contributed by atoms with E-state index >= 15 is 0 Å². The molecule has 1 aromatic carbocycles. The van der Waals surface area contributed by atoms with Gasteiger partial charge in [-0.25, -0.2) is 4.98 Å². The molecule has 0 unspecified atom stereocenters. The normalized spacial score (nSPS) is 18.0. The van der Waals surface area contributed by atoms with Crippen molar-refractivity contribution in [3.8, 4) is 0 Å². The van der Waals surface area contributed by atoms with Crippen molar-refractivity contribution >= 4 is 22.5 Å². The molecule has 2 aromatic rings. The lowest BCUT2D eigenvalue weighted by Gasteiger charge is -2.12. The zero-order valence-electron chi connectivity index (χ0n) is 8.20. The molecule has 3 rings (SSSR count). The van der Waals surface area contributed by atoms with Crippen LogP contribution >= 0.6 is 11.6 Å². The molecule has 1 saturated carbocycles. The fourth-order valence-electron chi connectivity index (χ4n) is 1.96. The predicted octanol–water partition coefficient (Wildman–Crippen LogP) is 2.84. The quantitative estimate of drug-likeness (QED) is 0.748. The van der Waals surface area contributed by atoms with Gasteiger partial charge in [-0.05, 0) is 30.5 Å². The minimum Gasteiger partial charge on any atom is -0.321 e. The highest BCUT2D eigenvalue weighted by atomic mass is 35.5. The molecule has 15 heavy (non-hydrogen) atoms. The first kappa shape index (κ1) is 9.13. The molecule has 0 bridgehead atoms. The third-order valence-electron chi connectivity index (χ3n) is 3.01. The van der Waals surface area contributed by atoms with Crippen LogP contribution in [-0.4, -0.2) is 4.98 Å². The van der Waals surface area contributed by atoms with Crippen LogP contribution in [-0.2, 0) is 5.54 Å². The fourth-order valence-corrected chi connectivity index (χ4v) is 2.16. The van der Waals surface area contributed by atoms with Gasteiger partial charge < -0.3 is 5.73 Å². The Bertz CT molecular complexity index is 532. The number of para-hydroxylation sites is 1. The first-order chi connectivity index (χ1) is 7.19. The van der Waals surface area contributed by atoms with Gasteiger partial charge in [0, 0.05) is 10.9 Å². The number of nitrogens with zero attached hydrogens (tertiary/aromatic N) is 1. The van der Waals surface area contributed by atoms with E-state index < -0.39 is 0 Å². The van der Waals surface area contributed by atoms with Gasteiger partial charge in [-0.2, -0.15) is 0 Å². The van der Waals surface area contributed by atoms with Crippen LogP contribution in [0.4, 0.5) is 0 Å². The molecule has 2 nitrogen and oxygen atoms in total. The molecule has 1 aliphatic carbocycles. The summed E-state index contributed by atoms with van der Waals surface area (Å²) in [5.41, 5.74) is 8.12. The molecule has 1 aliphatic rings. The zero-order chi connectivity index (χ0) is 10.5. The summed E-state index contributed by atoms with van der Waals surface area (Å²) in [7, 11) is 0. The number of hydrogen-bond donors (Lipinski definition) is 1. The second-order valence-electron chi connectivity index (χ2n) is 4.17. The Labute approximate surface area is 93.1 Å². The number of nitrogens with two attached hydrogens (primary N) is 1. The van der Waals surface area contributed by atoms with Crippen molar-refractivity contribution in [3.63, 3.8) is 0 Å². The molecule has 1 fully saturated rings. The van der Waals surface area contributed by atoms with Gasteiger partial charge in [-0.15, -0.1) is 0 Å². The minimum absolute atomic E-state index is 0.161. The molecule has 0 aliphatic heterocycles. The maximum Gasteiger partial charge on any atom is 0.130 e. The second kappa shape index (κ2) is 2.94. The molecule has 1 heterocycles. The van der Waals surface area contributed by atoms with Gasteiger partial charge >= 0.3 is 0 Å². The number of aromatic nitrogens is 1. The van der Waals surface area contributed by atoms with E-state index in [1.165, 1.54) is 0 Å². The monoisotopic (exact) mass is 218 g/mol. The molecule has 76 valence electrons. The first-order valence-electron chi connectivity index (χ1n) is 5.04. The van der Waals surface area contributed by atoms with Gasteiger partial charge in [-0.1, -0.05) is 29.8 Å². The summed E-state index contributed by atoms with van der Waals surface area (Å²) in [6, 6.07) is 9.90. The lowest BCUT2D eigenvalue weighted by atomic mass is 10.0. The molecular formula is C12H11ClN2. The fraction of sp³-hybridized carbons (Fsp3) is 0.250. The number of hydrogen-bond acceptors (Lipinski definition) is 2. The summed E-state index contributed by atoms with van der Waals surface area (Å²) in [5.74, 6) is 0. The molecule has 0 radical (unpaired) electrons. The lowest BCUT2D eigenvalue weighted by Crippen LogP contribution is -2.19. The molecule has 0 saturated heterocycles. The zero-order valence-corrected chi connectivity index (χ0v) is 8.96. The predicted molar refractivity (Wildman–Crippen MR) is 61.9 cm³/mol. The van der Waals surface area contributed by atoms with Crippen LogP contribution in [0.5, 0.6) is 0 Å². The Hall–Kier alpha value is -1.12. The maximum atomic E-state index is 6.22. The van der Waals surface area contributed by atoms with E-state index in [-0.39, 0.29) is 5.54 Å². The van der Waals surface area contributed by atoms with Crippen LogP contribution in [0.25, 0.3) is 10.9 Å². The average molecular weight is 219 g/mol. The van der Waals surface area contributed by atoms with E-state index in [0.717, 1.165) is 29.3 Å². The van der Waals surface area contributed by atoms with E-state index in [4.69, 9.17) is 17.3 Å². The Morgan fingerprint density at radius 2 is 2.00 bits per heavy atom. The molecule has 0 spiro atoms. The van der Waals surface area contributed by atoms with Gasteiger partial charge in [0.15, 0.2) is 0 Å². The Balaban J connectivity index is 2.36. The van der Waals surface area contributed by atoms with Crippen molar-refractivity contribution in [2.24, 2.45) is 5.73 Å². The van der Waals surface area contributed by atoms with Crippen molar-refractivity contribution < 1.29 is 0 Å². The standard InChI is InChI=1S/C12H11ClN2/c13-11-7-9(12(14)5-6-12)8-3-1-2-4-10(8)15-11/h1-4,7H,5-6,14H2. The van der Waals surface area contributed by atoms with E-state index in [1.807, 2.05) is 24.3 Å². The highest BCUT2D eigenvalue weighted by molar-refractivity contribution is 6.30. The third kappa shape index (κ3) is 1.41. The summed E-state index contributed by atoms with van der Waals surface area (Å²) >= 11 is 5.99. The topological polar surface area (TPSA) is 38.9 Å². The number of benzene rings is 1. The van der Waals surface area contributed by atoms with E-state index in [1.54, 1.807) is 0 Å². The number of fused-ring (bicyclic) bond motifs is 1. The van der Waals surface area contributed by atoms with E-state index in [2.05, 4.69) is 11.1 Å². The third-order valence-corrected chi connectivity index (χ3v) is 3.20. The minimum atomic E-state index is -0.161. The van der Waals surface area contributed by atoms with E-state index in [0.29, 0.717) is 5.15 Å². The largest absolute Gasteiger partial charge is 0.321 e. The molecule has 0 amide bonds. The van der Waals surface area contributed by atoms with Crippen molar-refractivity contribution in [2.45, 2.75) is 18.4 Å². The summed E-state index contributed by atoms with van der Waals surface area (Å²) in [6.07, 6.45) is 2.08. The van der Waals surface area contributed by atoms with Crippen LogP contribution in [0.15, 0.2) is 30.3 Å². The van der Waals surface area contributed by atoms with Crippen LogP contribution < -0.4 is 5.73 Å². The van der Waals surface area contributed by atoms with Gasteiger partial charge in [0.2, 0.25) is 0 Å². The van der Waals surface area contributed by atoms with Gasteiger partial charge in [0.25, 0.3) is 0 Å². The average Bonchev–Trinajstić information content (AvgIpc) is 2.96. The molecule has 1 aromatic heterocycles. The summed E-state index contributed by atoms with van der Waals surface area (Å²) in [4.78, 5) is 4.29. The number of pyridine rings is 1. The van der Waals surface area contributed by atoms with Crippen LogP contribution in [0.3, 0.4) is 0 Å². The molecule has 3 heteroatoms. The van der Waals surface area contributed by atoms with Gasteiger partial charge in [-0.3, -0.25) is 0 Å². The summed E-state index contributed by atoms with van der Waals surface area (Å²) < 4.78 is 0. The summed E-state index contributed by atoms with van der Waals surface area (Å²) in [5, 5.41) is 1.65. The molecular weight excluding hydrogens is 208 g/mol. The smallest absolute Gasteiger partial charge is 0.130 e. The molecule has 0 atom stereocenters. The van der Waals surface area contributed by atoms with E-state index in [9.17, 15) is 0 Å². The van der Waals surface area contributed by atoms with Crippen molar-refractivity contribution in [1.82, 2.24) is 4.98 Å². The van der Waals surface area contributed by atoms with Crippen molar-refractivity contribution in [1.29, 1.82) is 0 Å². The molecule has 2 N–H and O–H groups in total. The maximum absolute atomic E-state index is 6.22. The van der Waals surface area contributed by atoms with Crippen molar-refractivity contribution in [3.05, 3.63) is 41.0 Å². The second-order valence-corrected chi connectivity index (χ2v) is 4.55. The van der Waals surface area contributed by atoms with Gasteiger partial charge in [0.05, 0.1) is 5.52 Å². The Morgan fingerprint density at radius 1 is 1.27 bits per heavy atom. The highest BCUT2D eigenvalue weighted by Gasteiger charge is 2.41. The van der Waals surface area contributed by atoms with Crippen LogP contribution in [0.2, 0.25) is 5.15 Å². The first-order valence-corrected chi connectivity index (χ1v) is 5.41. The summed E-state index contributed by atoms with van der Waals surface area (Å²) in [6.45, 7) is 0. The SMILES string of the molecule is NC1(c2cc(Cl)nc3ccccc23)CC1. The lowest BCUT2D eigenvalue weighted by molar-refractivity contribution is 0.747. The Morgan fingerprint density at radius 3 is 2.73 bits per heavy atom. The van der Waals surface area contributed by atoms with Crippen molar-refractivity contribution in [2.75, 3.05) is 0 Å². The number of halogens is 1. The Kier molecular flexibility index (Phi) is 1.79. The highest BCUT2D eigenvalue weighted by Crippen LogP contribution is 2.45.